The number of pyridine rings is 1. The number of aryl methyl sites for hydroxylation is 1. The number of anilines is 2. The van der Waals surface area contributed by atoms with E-state index in [0.717, 1.165) is 43.1 Å². The van der Waals surface area contributed by atoms with E-state index in [4.69, 9.17) is 5.73 Å². The highest BCUT2D eigenvalue weighted by Gasteiger charge is 2.10. The molecule has 17 heavy (non-hydrogen) atoms. The van der Waals surface area contributed by atoms with Gasteiger partial charge in [0.25, 0.3) is 0 Å². The van der Waals surface area contributed by atoms with Gasteiger partial charge in [-0.25, -0.2) is 4.98 Å². The summed E-state index contributed by atoms with van der Waals surface area (Å²) in [6, 6.07) is 1.99. The van der Waals surface area contributed by atoms with Gasteiger partial charge in [0.1, 0.15) is 0 Å². The molecule has 1 heterocycles. The third-order valence-corrected chi connectivity index (χ3v) is 2.64. The van der Waals surface area contributed by atoms with E-state index in [9.17, 15) is 0 Å². The number of hydrogen-bond donors (Lipinski definition) is 1. The maximum Gasteiger partial charge on any atom is 0.151 e. The Labute approximate surface area is 104 Å². The van der Waals surface area contributed by atoms with Crippen molar-refractivity contribution in [2.24, 2.45) is 0 Å². The van der Waals surface area contributed by atoms with Crippen molar-refractivity contribution in [3.8, 4) is 0 Å². The molecule has 0 bridgehead atoms. The van der Waals surface area contributed by atoms with Gasteiger partial charge >= 0.3 is 0 Å². The molecule has 1 aromatic heterocycles. The van der Waals surface area contributed by atoms with Crippen LogP contribution in [-0.4, -0.2) is 43.6 Å². The van der Waals surface area contributed by atoms with Gasteiger partial charge < -0.3 is 15.5 Å². The van der Waals surface area contributed by atoms with Crippen LogP contribution in [0.25, 0.3) is 0 Å². The largest absolute Gasteiger partial charge is 0.396 e. The highest BCUT2D eigenvalue weighted by atomic mass is 15.2. The molecule has 0 spiro atoms. The summed E-state index contributed by atoms with van der Waals surface area (Å²) in [6.45, 7) is 7.15. The fourth-order valence-corrected chi connectivity index (χ4v) is 1.76. The van der Waals surface area contributed by atoms with Gasteiger partial charge in [-0.3, -0.25) is 0 Å². The predicted molar refractivity (Wildman–Crippen MR) is 74.4 cm³/mol. The van der Waals surface area contributed by atoms with Crippen LogP contribution in [0.3, 0.4) is 0 Å². The molecule has 4 nitrogen and oxygen atoms in total. The van der Waals surface area contributed by atoms with E-state index in [1.54, 1.807) is 0 Å². The smallest absolute Gasteiger partial charge is 0.151 e. The Kier molecular flexibility index (Phi) is 5.22. The van der Waals surface area contributed by atoms with E-state index in [2.05, 4.69) is 35.8 Å². The fourth-order valence-electron chi connectivity index (χ4n) is 1.76. The number of likely N-dealkylation sites (N-methyl/N-ethyl adjacent to an activating group) is 1. The highest BCUT2D eigenvalue weighted by molar-refractivity contribution is 5.63. The van der Waals surface area contributed by atoms with Crippen molar-refractivity contribution in [2.45, 2.75) is 20.3 Å². The summed E-state index contributed by atoms with van der Waals surface area (Å²) < 4.78 is 0. The molecule has 1 rings (SSSR count). The number of nitrogens with two attached hydrogens (primary N) is 1. The van der Waals surface area contributed by atoms with Gasteiger partial charge in [0.2, 0.25) is 0 Å². The second kappa shape index (κ2) is 6.45. The number of nitrogen functional groups attached to an aromatic ring is 1. The third kappa shape index (κ3) is 4.23. The second-order valence-electron chi connectivity index (χ2n) is 4.72. The van der Waals surface area contributed by atoms with Gasteiger partial charge in [-0.05, 0) is 39.1 Å². The predicted octanol–water partition coefficient (Wildman–Crippen LogP) is 1.75. The van der Waals surface area contributed by atoms with Crippen molar-refractivity contribution in [1.82, 2.24) is 9.88 Å². The van der Waals surface area contributed by atoms with Crippen molar-refractivity contribution in [3.63, 3.8) is 0 Å². The minimum atomic E-state index is 0.775. The Hall–Kier alpha value is -1.29. The van der Waals surface area contributed by atoms with Crippen molar-refractivity contribution < 1.29 is 0 Å². The molecular formula is C13H24N4. The van der Waals surface area contributed by atoms with Crippen LogP contribution < -0.4 is 10.6 Å². The average molecular weight is 236 g/mol. The summed E-state index contributed by atoms with van der Waals surface area (Å²) in [5.74, 6) is 0.916. The molecule has 0 aliphatic carbocycles. The van der Waals surface area contributed by atoms with E-state index < -0.39 is 0 Å². The van der Waals surface area contributed by atoms with Crippen LogP contribution in [0.4, 0.5) is 11.5 Å². The van der Waals surface area contributed by atoms with Crippen molar-refractivity contribution in [2.75, 3.05) is 44.4 Å². The monoisotopic (exact) mass is 236 g/mol. The lowest BCUT2D eigenvalue weighted by Gasteiger charge is -2.26. The van der Waals surface area contributed by atoms with Gasteiger partial charge in [0.05, 0.1) is 5.69 Å². The van der Waals surface area contributed by atoms with E-state index in [-0.39, 0.29) is 0 Å². The van der Waals surface area contributed by atoms with Crippen LogP contribution in [0.2, 0.25) is 0 Å². The van der Waals surface area contributed by atoms with Crippen LogP contribution in [0, 0.1) is 6.92 Å². The second-order valence-corrected chi connectivity index (χ2v) is 4.72. The minimum absolute atomic E-state index is 0.775. The molecule has 0 atom stereocenters. The zero-order chi connectivity index (χ0) is 12.8. The average Bonchev–Trinajstić information content (AvgIpc) is 2.24. The van der Waals surface area contributed by atoms with E-state index in [1.165, 1.54) is 0 Å². The lowest BCUT2D eigenvalue weighted by Crippen LogP contribution is -2.33. The molecule has 0 radical (unpaired) electrons. The molecule has 1 aromatic rings. The van der Waals surface area contributed by atoms with E-state index >= 15 is 0 Å². The summed E-state index contributed by atoms with van der Waals surface area (Å²) in [5, 5.41) is 0. The molecule has 0 amide bonds. The quantitative estimate of drug-likeness (QED) is 0.817. The summed E-state index contributed by atoms with van der Waals surface area (Å²) in [6.07, 6.45) is 2.98. The number of nitrogens with zero attached hydrogens (tertiary/aromatic N) is 3. The molecule has 0 aliphatic rings. The van der Waals surface area contributed by atoms with E-state index in [1.807, 2.05) is 19.2 Å². The summed E-state index contributed by atoms with van der Waals surface area (Å²) >= 11 is 0. The molecular weight excluding hydrogens is 212 g/mol. The summed E-state index contributed by atoms with van der Waals surface area (Å²) in [4.78, 5) is 8.89. The Balaban J connectivity index is 2.81. The van der Waals surface area contributed by atoms with Gasteiger partial charge in [-0.15, -0.1) is 0 Å². The molecule has 0 saturated carbocycles. The molecule has 0 unspecified atom stereocenters. The Morgan fingerprint density at radius 1 is 1.24 bits per heavy atom. The fraction of sp³-hybridized carbons (Fsp3) is 0.615. The number of hydrogen-bond acceptors (Lipinski definition) is 4. The van der Waals surface area contributed by atoms with Crippen molar-refractivity contribution in [1.29, 1.82) is 0 Å². The standard InChI is InChI=1S/C13H24N4/c1-5-6-17(8-7-16(3)4)13-12(14)9-11(2)10-15-13/h9-10H,5-8,14H2,1-4H3. The zero-order valence-corrected chi connectivity index (χ0v) is 11.4. The zero-order valence-electron chi connectivity index (χ0n) is 11.4. The van der Waals surface area contributed by atoms with E-state index in [0.29, 0.717) is 0 Å². The molecule has 96 valence electrons. The first kappa shape index (κ1) is 13.8. The van der Waals surface area contributed by atoms with Crippen molar-refractivity contribution >= 4 is 11.5 Å². The molecule has 0 saturated heterocycles. The first-order valence-electron chi connectivity index (χ1n) is 6.16. The number of aromatic nitrogens is 1. The topological polar surface area (TPSA) is 45.4 Å². The van der Waals surface area contributed by atoms with Gasteiger partial charge in [-0.1, -0.05) is 6.92 Å². The third-order valence-electron chi connectivity index (χ3n) is 2.64. The maximum atomic E-state index is 6.04. The Morgan fingerprint density at radius 2 is 1.94 bits per heavy atom. The minimum Gasteiger partial charge on any atom is -0.396 e. The Bertz CT molecular complexity index is 349. The number of rotatable bonds is 6. The molecule has 0 aromatic carbocycles. The molecule has 2 N–H and O–H groups in total. The normalized spacial score (nSPS) is 10.9. The van der Waals surface area contributed by atoms with Crippen LogP contribution in [0.1, 0.15) is 18.9 Å². The lowest BCUT2D eigenvalue weighted by molar-refractivity contribution is 0.412. The van der Waals surface area contributed by atoms with Crippen LogP contribution in [0.5, 0.6) is 0 Å². The molecule has 0 fully saturated rings. The van der Waals surface area contributed by atoms with Gasteiger partial charge in [0.15, 0.2) is 5.82 Å². The highest BCUT2D eigenvalue weighted by Crippen LogP contribution is 2.20. The Morgan fingerprint density at radius 3 is 2.47 bits per heavy atom. The SMILES string of the molecule is CCCN(CCN(C)C)c1ncc(C)cc1N. The summed E-state index contributed by atoms with van der Waals surface area (Å²) in [5.41, 5.74) is 7.92. The molecule has 0 aliphatic heterocycles. The first-order valence-corrected chi connectivity index (χ1v) is 6.16. The molecule has 4 heteroatoms. The van der Waals surface area contributed by atoms with Crippen molar-refractivity contribution in [3.05, 3.63) is 17.8 Å². The maximum absolute atomic E-state index is 6.04. The summed E-state index contributed by atoms with van der Waals surface area (Å²) in [7, 11) is 4.16. The van der Waals surface area contributed by atoms with Crippen LogP contribution >= 0.6 is 0 Å². The van der Waals surface area contributed by atoms with Gasteiger partial charge in [-0.2, -0.15) is 0 Å². The van der Waals surface area contributed by atoms with Gasteiger partial charge in [0, 0.05) is 25.8 Å². The lowest BCUT2D eigenvalue weighted by atomic mass is 10.2. The van der Waals surface area contributed by atoms with Crippen LogP contribution in [0.15, 0.2) is 12.3 Å². The van der Waals surface area contributed by atoms with Crippen LogP contribution in [-0.2, 0) is 0 Å². The first-order chi connectivity index (χ1) is 8.04.